The molecular weight excluding hydrogens is 345 g/mol. The molecule has 2 aromatic carbocycles. The van der Waals surface area contributed by atoms with Crippen molar-refractivity contribution in [3.8, 4) is 5.75 Å². The van der Waals surface area contributed by atoms with Crippen molar-refractivity contribution in [1.82, 2.24) is 9.80 Å². The molecule has 1 saturated heterocycles. The van der Waals surface area contributed by atoms with E-state index in [9.17, 15) is 18.0 Å². The predicted octanol–water partition coefficient (Wildman–Crippen LogP) is 2.94. The Morgan fingerprint density at radius 3 is 2.35 bits per heavy atom. The largest absolute Gasteiger partial charge is 0.489 e. The lowest BCUT2D eigenvalue weighted by molar-refractivity contribution is 0.0619. The Morgan fingerprint density at radius 1 is 0.923 bits per heavy atom. The maximum Gasteiger partial charge on any atom is 0.254 e. The van der Waals surface area contributed by atoms with E-state index in [1.807, 2.05) is 0 Å². The fraction of sp³-hybridized carbons (Fsp3) is 0.316. The van der Waals surface area contributed by atoms with Crippen molar-refractivity contribution in [3.05, 3.63) is 65.5 Å². The first kappa shape index (κ1) is 18.3. The van der Waals surface area contributed by atoms with E-state index in [-0.39, 0.29) is 17.2 Å². The van der Waals surface area contributed by atoms with E-state index in [1.165, 1.54) is 12.1 Å². The first-order valence-electron chi connectivity index (χ1n) is 8.38. The highest BCUT2D eigenvalue weighted by Crippen LogP contribution is 2.16. The molecule has 0 N–H and O–H groups in total. The van der Waals surface area contributed by atoms with Crippen LogP contribution in [0.2, 0.25) is 0 Å². The minimum absolute atomic E-state index is 0.139. The lowest BCUT2D eigenvalue weighted by Gasteiger charge is -2.34. The third-order valence-electron chi connectivity index (χ3n) is 4.33. The molecule has 1 amide bonds. The van der Waals surface area contributed by atoms with Gasteiger partial charge in [-0.1, -0.05) is 12.1 Å². The summed E-state index contributed by atoms with van der Waals surface area (Å²) in [4.78, 5) is 16.1. The lowest BCUT2D eigenvalue weighted by atomic mass is 10.1. The molecule has 0 radical (unpaired) electrons. The molecule has 26 heavy (non-hydrogen) atoms. The summed E-state index contributed by atoms with van der Waals surface area (Å²) in [5.41, 5.74) is 0.139. The second-order valence-corrected chi connectivity index (χ2v) is 6.04. The summed E-state index contributed by atoms with van der Waals surface area (Å²) in [5, 5.41) is 0. The van der Waals surface area contributed by atoms with E-state index in [2.05, 4.69) is 4.90 Å². The molecule has 0 unspecified atom stereocenters. The molecule has 1 aliphatic heterocycles. The van der Waals surface area contributed by atoms with Crippen LogP contribution in [0.25, 0.3) is 0 Å². The van der Waals surface area contributed by atoms with Gasteiger partial charge in [0.05, 0.1) is 0 Å². The molecule has 0 saturated carbocycles. The number of ether oxygens (including phenoxy) is 1. The Labute approximate surface area is 149 Å². The van der Waals surface area contributed by atoms with Gasteiger partial charge < -0.3 is 9.64 Å². The topological polar surface area (TPSA) is 32.8 Å². The van der Waals surface area contributed by atoms with Crippen molar-refractivity contribution in [2.45, 2.75) is 0 Å². The van der Waals surface area contributed by atoms with E-state index in [0.717, 1.165) is 12.1 Å². The molecular formula is C19H19F3N2O2. The average molecular weight is 364 g/mol. The second-order valence-electron chi connectivity index (χ2n) is 6.04. The number of carbonyl (C=O) groups is 1. The van der Waals surface area contributed by atoms with Gasteiger partial charge in [-0.05, 0) is 30.3 Å². The maximum absolute atomic E-state index is 13.5. The van der Waals surface area contributed by atoms with Crippen LogP contribution in [0.5, 0.6) is 5.75 Å². The van der Waals surface area contributed by atoms with Gasteiger partial charge in [0.25, 0.3) is 5.91 Å². The highest BCUT2D eigenvalue weighted by Gasteiger charge is 2.22. The Hall–Kier alpha value is -2.54. The summed E-state index contributed by atoms with van der Waals surface area (Å²) >= 11 is 0. The van der Waals surface area contributed by atoms with Crippen molar-refractivity contribution in [3.63, 3.8) is 0 Å². The maximum atomic E-state index is 13.5. The molecule has 1 fully saturated rings. The zero-order valence-corrected chi connectivity index (χ0v) is 14.1. The number of halogens is 3. The number of amides is 1. The Kier molecular flexibility index (Phi) is 5.78. The number of carbonyl (C=O) groups excluding carboxylic acids is 1. The summed E-state index contributed by atoms with van der Waals surface area (Å²) in [6.45, 7) is 3.20. The first-order valence-corrected chi connectivity index (χ1v) is 8.38. The highest BCUT2D eigenvalue weighted by molar-refractivity contribution is 5.94. The van der Waals surface area contributed by atoms with Gasteiger partial charge in [-0.15, -0.1) is 0 Å². The van der Waals surface area contributed by atoms with Gasteiger partial charge >= 0.3 is 0 Å². The van der Waals surface area contributed by atoms with Gasteiger partial charge in [0.2, 0.25) is 0 Å². The molecule has 138 valence electrons. The highest BCUT2D eigenvalue weighted by atomic mass is 19.2. The molecule has 0 aromatic heterocycles. The zero-order chi connectivity index (χ0) is 18.5. The minimum Gasteiger partial charge on any atom is -0.489 e. The SMILES string of the molecule is O=C(c1ccc(F)c(F)c1)N1CCN(CCOc2ccccc2F)CC1. The van der Waals surface area contributed by atoms with Crippen LogP contribution in [-0.2, 0) is 0 Å². The number of hydrogen-bond donors (Lipinski definition) is 0. The van der Waals surface area contributed by atoms with Crippen molar-refractivity contribution >= 4 is 5.91 Å². The van der Waals surface area contributed by atoms with Crippen molar-refractivity contribution < 1.29 is 22.7 Å². The van der Waals surface area contributed by atoms with Gasteiger partial charge in [-0.25, -0.2) is 13.2 Å². The molecule has 0 atom stereocenters. The van der Waals surface area contributed by atoms with Crippen LogP contribution in [0.15, 0.2) is 42.5 Å². The number of nitrogens with zero attached hydrogens (tertiary/aromatic N) is 2. The predicted molar refractivity (Wildman–Crippen MR) is 90.6 cm³/mol. The van der Waals surface area contributed by atoms with E-state index in [4.69, 9.17) is 4.74 Å². The van der Waals surface area contributed by atoms with Crippen LogP contribution >= 0.6 is 0 Å². The summed E-state index contributed by atoms with van der Waals surface area (Å²) in [7, 11) is 0. The van der Waals surface area contributed by atoms with Crippen LogP contribution in [0, 0.1) is 17.5 Å². The monoisotopic (exact) mass is 364 g/mol. The third-order valence-corrected chi connectivity index (χ3v) is 4.33. The molecule has 0 aliphatic carbocycles. The molecule has 1 aliphatic rings. The van der Waals surface area contributed by atoms with Gasteiger partial charge in [-0.3, -0.25) is 9.69 Å². The standard InChI is InChI=1S/C19H19F3N2O2/c20-15-6-5-14(13-17(15)22)19(25)24-9-7-23(8-10-24)11-12-26-18-4-2-1-3-16(18)21/h1-6,13H,7-12H2. The fourth-order valence-corrected chi connectivity index (χ4v) is 2.83. The molecule has 1 heterocycles. The van der Waals surface area contributed by atoms with Crippen LogP contribution < -0.4 is 4.74 Å². The van der Waals surface area contributed by atoms with Crippen LogP contribution in [-0.4, -0.2) is 55.0 Å². The Bertz CT molecular complexity index is 777. The van der Waals surface area contributed by atoms with E-state index < -0.39 is 17.5 Å². The molecule has 4 nitrogen and oxygen atoms in total. The van der Waals surface area contributed by atoms with Gasteiger partial charge in [0.1, 0.15) is 6.61 Å². The smallest absolute Gasteiger partial charge is 0.254 e. The van der Waals surface area contributed by atoms with Crippen LogP contribution in [0.1, 0.15) is 10.4 Å². The molecule has 0 bridgehead atoms. The van der Waals surface area contributed by atoms with E-state index in [0.29, 0.717) is 39.3 Å². The Balaban J connectivity index is 1.46. The summed E-state index contributed by atoms with van der Waals surface area (Å²) in [6, 6.07) is 9.40. The van der Waals surface area contributed by atoms with Crippen molar-refractivity contribution in [2.75, 3.05) is 39.3 Å². The van der Waals surface area contributed by atoms with E-state index >= 15 is 0 Å². The van der Waals surface area contributed by atoms with Crippen molar-refractivity contribution in [2.24, 2.45) is 0 Å². The third kappa shape index (κ3) is 4.35. The number of para-hydroxylation sites is 1. The normalized spacial score (nSPS) is 15.1. The van der Waals surface area contributed by atoms with Gasteiger partial charge in [0.15, 0.2) is 23.2 Å². The molecule has 2 aromatic rings. The molecule has 7 heteroatoms. The summed E-state index contributed by atoms with van der Waals surface area (Å²) in [6.07, 6.45) is 0. The molecule has 0 spiro atoms. The van der Waals surface area contributed by atoms with Crippen LogP contribution in [0.3, 0.4) is 0 Å². The molecule has 3 rings (SSSR count). The van der Waals surface area contributed by atoms with Gasteiger partial charge in [-0.2, -0.15) is 0 Å². The quantitative estimate of drug-likeness (QED) is 0.818. The summed E-state index contributed by atoms with van der Waals surface area (Å²) < 4.78 is 45.2. The minimum atomic E-state index is -1.03. The second kappa shape index (κ2) is 8.23. The average Bonchev–Trinajstić information content (AvgIpc) is 2.65. The lowest BCUT2D eigenvalue weighted by Crippen LogP contribution is -2.49. The fourth-order valence-electron chi connectivity index (χ4n) is 2.83. The van der Waals surface area contributed by atoms with Crippen molar-refractivity contribution in [1.29, 1.82) is 0 Å². The number of benzene rings is 2. The number of rotatable bonds is 5. The zero-order valence-electron chi connectivity index (χ0n) is 14.1. The first-order chi connectivity index (χ1) is 12.5. The van der Waals surface area contributed by atoms with Crippen LogP contribution in [0.4, 0.5) is 13.2 Å². The number of hydrogen-bond acceptors (Lipinski definition) is 3. The Morgan fingerprint density at radius 2 is 1.65 bits per heavy atom. The van der Waals surface area contributed by atoms with Gasteiger partial charge in [0, 0.05) is 38.3 Å². The van der Waals surface area contributed by atoms with E-state index in [1.54, 1.807) is 23.1 Å². The number of piperazine rings is 1. The summed E-state index contributed by atoms with van der Waals surface area (Å²) in [5.74, 6) is -2.48.